The van der Waals surface area contributed by atoms with Crippen LogP contribution in [0.1, 0.15) is 28.0 Å². The van der Waals surface area contributed by atoms with E-state index in [1.807, 2.05) is 0 Å². The van der Waals surface area contributed by atoms with E-state index in [4.69, 9.17) is 9.15 Å². The number of carbonyl (C=O) groups is 2. The summed E-state index contributed by atoms with van der Waals surface area (Å²) in [6.45, 7) is 1.83. The SMILES string of the molecule is CCOC(=O)c1nn(-c2ccc(Br)cc2)c(=O)c2c(NC(=O)c3ccc(Br)o3)scc12. The van der Waals surface area contributed by atoms with Crippen LogP contribution < -0.4 is 10.9 Å². The molecule has 3 heterocycles. The van der Waals surface area contributed by atoms with E-state index in [0.717, 1.165) is 20.5 Å². The third-order valence-electron chi connectivity index (χ3n) is 4.22. The number of halogens is 2. The first-order valence-corrected chi connectivity index (χ1v) is 11.4. The average Bonchev–Trinajstić information content (AvgIpc) is 3.36. The third-order valence-corrected chi connectivity index (χ3v) is 6.07. The molecule has 4 aromatic rings. The highest BCUT2D eigenvalue weighted by Crippen LogP contribution is 2.31. The Hall–Kier alpha value is -2.76. The van der Waals surface area contributed by atoms with Gasteiger partial charge in [-0.25, -0.2) is 4.79 Å². The minimum Gasteiger partial charge on any atom is -0.461 e. The quantitative estimate of drug-likeness (QED) is 0.341. The van der Waals surface area contributed by atoms with Crippen LogP contribution in [0.25, 0.3) is 16.5 Å². The molecule has 3 aromatic heterocycles. The van der Waals surface area contributed by atoms with Gasteiger partial charge in [-0.2, -0.15) is 9.78 Å². The maximum atomic E-state index is 13.3. The summed E-state index contributed by atoms with van der Waals surface area (Å²) in [4.78, 5) is 38.4. The number of nitrogens with one attached hydrogen (secondary N) is 1. The van der Waals surface area contributed by atoms with Crippen LogP contribution in [0, 0.1) is 0 Å². The van der Waals surface area contributed by atoms with Crippen molar-refractivity contribution in [1.29, 1.82) is 0 Å². The Kier molecular flexibility index (Phi) is 6.08. The van der Waals surface area contributed by atoms with Crippen LogP contribution in [-0.2, 0) is 4.74 Å². The standard InChI is InChI=1S/C20H13Br2N3O5S/c1-2-29-20(28)16-12-9-31-18(23-17(26)13-7-8-14(22)30-13)15(12)19(27)25(24-16)11-5-3-10(21)4-6-11/h3-9H,2H2,1H3,(H,23,26). The van der Waals surface area contributed by atoms with Crippen molar-refractivity contribution in [2.24, 2.45) is 0 Å². The molecule has 0 saturated carbocycles. The van der Waals surface area contributed by atoms with E-state index < -0.39 is 17.4 Å². The Balaban J connectivity index is 1.89. The van der Waals surface area contributed by atoms with Gasteiger partial charge in [-0.15, -0.1) is 11.3 Å². The van der Waals surface area contributed by atoms with E-state index in [0.29, 0.717) is 15.7 Å². The highest BCUT2D eigenvalue weighted by atomic mass is 79.9. The topological polar surface area (TPSA) is 103 Å². The molecule has 31 heavy (non-hydrogen) atoms. The molecule has 8 nitrogen and oxygen atoms in total. The summed E-state index contributed by atoms with van der Waals surface area (Å²) < 4.78 is 12.7. The molecule has 4 rings (SSSR count). The zero-order chi connectivity index (χ0) is 22.1. The number of rotatable bonds is 5. The second-order valence-corrected chi connectivity index (χ2v) is 8.75. The lowest BCUT2D eigenvalue weighted by molar-refractivity contribution is 0.0520. The van der Waals surface area contributed by atoms with Crippen LogP contribution in [0.4, 0.5) is 5.00 Å². The summed E-state index contributed by atoms with van der Waals surface area (Å²) in [6, 6.07) is 9.96. The van der Waals surface area contributed by atoms with E-state index in [2.05, 4.69) is 42.3 Å². The van der Waals surface area contributed by atoms with Crippen LogP contribution in [0.3, 0.4) is 0 Å². The number of ether oxygens (including phenoxy) is 1. The van der Waals surface area contributed by atoms with Gasteiger partial charge in [0.15, 0.2) is 16.1 Å². The smallest absolute Gasteiger partial charge is 0.359 e. The van der Waals surface area contributed by atoms with Gasteiger partial charge in [0, 0.05) is 15.2 Å². The maximum Gasteiger partial charge on any atom is 0.359 e. The molecule has 0 spiro atoms. The van der Waals surface area contributed by atoms with Crippen molar-refractivity contribution >= 4 is 70.8 Å². The first kappa shape index (κ1) is 21.5. The lowest BCUT2D eigenvalue weighted by Crippen LogP contribution is -2.25. The molecular weight excluding hydrogens is 554 g/mol. The third kappa shape index (κ3) is 4.21. The Morgan fingerprint density at radius 3 is 2.58 bits per heavy atom. The molecule has 158 valence electrons. The summed E-state index contributed by atoms with van der Waals surface area (Å²) in [5, 5.41) is 9.27. The second-order valence-electron chi connectivity index (χ2n) is 6.17. The molecule has 1 N–H and O–H groups in total. The predicted molar refractivity (Wildman–Crippen MR) is 123 cm³/mol. The zero-order valence-corrected chi connectivity index (χ0v) is 19.8. The van der Waals surface area contributed by atoms with Gasteiger partial charge in [-0.3, -0.25) is 9.59 Å². The van der Waals surface area contributed by atoms with Gasteiger partial charge < -0.3 is 14.5 Å². The Morgan fingerprint density at radius 2 is 1.94 bits per heavy atom. The summed E-state index contributed by atoms with van der Waals surface area (Å²) in [6.07, 6.45) is 0. The van der Waals surface area contributed by atoms with E-state index in [1.165, 1.54) is 6.07 Å². The first-order chi connectivity index (χ1) is 14.9. The predicted octanol–water partition coefficient (Wildman–Crippen LogP) is 4.99. The Bertz CT molecular complexity index is 1360. The van der Waals surface area contributed by atoms with Crippen molar-refractivity contribution in [3.63, 3.8) is 0 Å². The number of anilines is 1. The zero-order valence-electron chi connectivity index (χ0n) is 15.8. The van der Waals surface area contributed by atoms with Crippen molar-refractivity contribution in [2.45, 2.75) is 6.92 Å². The molecular formula is C20H13Br2N3O5S. The summed E-state index contributed by atoms with van der Waals surface area (Å²) in [5.74, 6) is -1.12. The number of benzene rings is 1. The fourth-order valence-corrected chi connectivity index (χ4v) is 4.35. The van der Waals surface area contributed by atoms with Crippen molar-refractivity contribution in [3.05, 3.63) is 72.7 Å². The molecule has 0 aliphatic rings. The Labute approximate surface area is 196 Å². The molecule has 0 unspecified atom stereocenters. The number of fused-ring (bicyclic) bond motifs is 1. The monoisotopic (exact) mass is 565 g/mol. The number of aromatic nitrogens is 2. The average molecular weight is 567 g/mol. The molecule has 1 amide bonds. The number of thiophene rings is 1. The number of hydrogen-bond acceptors (Lipinski definition) is 7. The number of esters is 1. The van der Waals surface area contributed by atoms with E-state index in [1.54, 1.807) is 42.6 Å². The minimum atomic E-state index is -0.663. The van der Waals surface area contributed by atoms with Gasteiger partial charge in [-0.1, -0.05) is 15.9 Å². The van der Waals surface area contributed by atoms with Gasteiger partial charge >= 0.3 is 5.97 Å². The van der Waals surface area contributed by atoms with Gasteiger partial charge in [0.1, 0.15) is 5.00 Å². The van der Waals surface area contributed by atoms with E-state index in [9.17, 15) is 14.4 Å². The largest absolute Gasteiger partial charge is 0.461 e. The van der Waals surface area contributed by atoms with Crippen LogP contribution in [-0.4, -0.2) is 28.3 Å². The molecule has 0 radical (unpaired) electrons. The summed E-state index contributed by atoms with van der Waals surface area (Å²) in [7, 11) is 0. The molecule has 0 bridgehead atoms. The number of nitrogens with zero attached hydrogens (tertiary/aromatic N) is 2. The van der Waals surface area contributed by atoms with E-state index >= 15 is 0 Å². The fraction of sp³-hybridized carbons (Fsp3) is 0.100. The van der Waals surface area contributed by atoms with Crippen molar-refractivity contribution < 1.29 is 18.7 Å². The first-order valence-electron chi connectivity index (χ1n) is 8.93. The lowest BCUT2D eigenvalue weighted by atomic mass is 10.2. The van der Waals surface area contributed by atoms with Gasteiger partial charge in [0.2, 0.25) is 0 Å². The molecule has 0 aliphatic heterocycles. The second kappa shape index (κ2) is 8.77. The van der Waals surface area contributed by atoms with Gasteiger partial charge in [0.25, 0.3) is 11.5 Å². The van der Waals surface area contributed by atoms with E-state index in [-0.39, 0.29) is 28.4 Å². The number of carbonyl (C=O) groups excluding carboxylic acids is 2. The number of furan rings is 1. The molecule has 11 heteroatoms. The fourth-order valence-electron chi connectivity index (χ4n) is 2.85. The van der Waals surface area contributed by atoms with Gasteiger partial charge in [-0.05, 0) is 59.3 Å². The normalized spacial score (nSPS) is 10.9. The number of amides is 1. The van der Waals surface area contributed by atoms with Crippen LogP contribution in [0.5, 0.6) is 0 Å². The molecule has 1 aromatic carbocycles. The van der Waals surface area contributed by atoms with Crippen molar-refractivity contribution in [3.8, 4) is 5.69 Å². The van der Waals surface area contributed by atoms with Crippen LogP contribution in [0.15, 0.2) is 60.1 Å². The van der Waals surface area contributed by atoms with Crippen molar-refractivity contribution in [2.75, 3.05) is 11.9 Å². The maximum absolute atomic E-state index is 13.3. The molecule has 0 fully saturated rings. The highest BCUT2D eigenvalue weighted by molar-refractivity contribution is 9.10. The van der Waals surface area contributed by atoms with Crippen LogP contribution >= 0.6 is 43.2 Å². The number of hydrogen-bond donors (Lipinski definition) is 1. The summed E-state index contributed by atoms with van der Waals surface area (Å²) in [5.41, 5.74) is -0.0431. The van der Waals surface area contributed by atoms with Crippen molar-refractivity contribution in [1.82, 2.24) is 9.78 Å². The van der Waals surface area contributed by atoms with Crippen LogP contribution in [0.2, 0.25) is 0 Å². The molecule has 0 aliphatic carbocycles. The Morgan fingerprint density at radius 1 is 1.19 bits per heavy atom. The molecule has 0 saturated heterocycles. The highest BCUT2D eigenvalue weighted by Gasteiger charge is 2.24. The summed E-state index contributed by atoms with van der Waals surface area (Å²) >= 11 is 7.61. The minimum absolute atomic E-state index is 0.0168. The molecule has 0 atom stereocenters. The van der Waals surface area contributed by atoms with Gasteiger partial charge in [0.05, 0.1) is 17.7 Å². The lowest BCUT2D eigenvalue weighted by Gasteiger charge is -2.10.